The van der Waals surface area contributed by atoms with Crippen LogP contribution in [0.3, 0.4) is 0 Å². The molecule has 13 rings (SSSR count). The molecule has 2 spiro atoms. The van der Waals surface area contributed by atoms with Crippen LogP contribution in [0.1, 0.15) is 135 Å². The minimum atomic E-state index is -1.47. The van der Waals surface area contributed by atoms with Crippen LogP contribution in [0.4, 0.5) is 4.79 Å². The number of aromatic nitrogens is 4. The zero-order chi connectivity index (χ0) is 74.1. The molecule has 0 saturated carbocycles. The summed E-state index contributed by atoms with van der Waals surface area (Å²) in [6.45, 7) is 25.3. The number of fused-ring (bicyclic) bond motifs is 2. The zero-order valence-corrected chi connectivity index (χ0v) is 61.0. The minimum Gasteiger partial charge on any atom is -0.482 e. The van der Waals surface area contributed by atoms with Crippen molar-refractivity contribution < 1.29 is 68.0 Å². The summed E-state index contributed by atoms with van der Waals surface area (Å²) in [5.74, 6) is 1.95. The Morgan fingerprint density at radius 1 is 0.592 bits per heavy atom. The lowest BCUT2D eigenvalue weighted by Crippen LogP contribution is -2.50. The number of thiophene rings is 1. The molecule has 4 aromatic heterocycles. The number of carbonyl (C=O) groups is 3. The Hall–Kier alpha value is -8.85. The summed E-state index contributed by atoms with van der Waals surface area (Å²) in [5, 5.41) is 56.3. The summed E-state index contributed by atoms with van der Waals surface area (Å²) in [7, 11) is -4.35. The van der Waals surface area contributed by atoms with Gasteiger partial charge in [0.05, 0.1) is 0 Å². The van der Waals surface area contributed by atoms with Crippen LogP contribution in [-0.2, 0) is 14.0 Å². The number of carbonyl (C=O) groups excluding carboxylic acids is 3. The topological polar surface area (TPSA) is 292 Å². The van der Waals surface area contributed by atoms with Crippen molar-refractivity contribution in [3.63, 3.8) is 0 Å². The SMILES string of the molecule is CCN(CC)C(=O)c1ccc(C2=CC3(CCN(C(=O)OC(C)(C)C)CC3)Oc3ccc(C)cc32)cc1.CCN(CC)C(=O)c1ccc(C2=CC3(CCNCC3)Oc3ccc(C)cc32)cc1.OB(O)c1cccs1.OB(O)c1ccncc1.OB(O)c1cncnc1.c1cncc(B2OCCCO2)c1. The normalized spacial score (nSPS) is 15.1. The third kappa shape index (κ3) is 23.1. The van der Waals surface area contributed by atoms with Gasteiger partial charge < -0.3 is 73.7 Å². The molecule has 540 valence electrons. The Labute approximate surface area is 610 Å². The van der Waals surface area contributed by atoms with Gasteiger partial charge in [-0.15, -0.1) is 0 Å². The summed E-state index contributed by atoms with van der Waals surface area (Å²) in [4.78, 5) is 58.4. The Kier molecular flexibility index (Phi) is 29.9. The Bertz CT molecular complexity index is 3960. The van der Waals surface area contributed by atoms with Crippen molar-refractivity contribution in [2.75, 3.05) is 65.6 Å². The fraction of sp³-hybridized carbons (Fsp3) is 0.355. The van der Waals surface area contributed by atoms with Crippen LogP contribution in [0, 0.1) is 13.8 Å². The van der Waals surface area contributed by atoms with E-state index in [2.05, 4.69) is 93.7 Å². The van der Waals surface area contributed by atoms with Crippen LogP contribution < -0.4 is 36.0 Å². The van der Waals surface area contributed by atoms with Gasteiger partial charge in [0.2, 0.25) is 0 Å². The van der Waals surface area contributed by atoms with Crippen LogP contribution in [0.2, 0.25) is 0 Å². The number of aryl methyl sites for hydroxylation is 2. The first kappa shape index (κ1) is 79.8. The molecule has 7 N–H and O–H groups in total. The summed E-state index contributed by atoms with van der Waals surface area (Å²) < 4.78 is 30.1. The molecule has 5 aliphatic rings. The molecule has 0 unspecified atom stereocenters. The second-order valence-electron chi connectivity index (χ2n) is 26.1. The molecular formula is C76H94B4N8O14S. The van der Waals surface area contributed by atoms with Gasteiger partial charge in [0.15, 0.2) is 0 Å². The molecule has 3 saturated heterocycles. The predicted octanol–water partition coefficient (Wildman–Crippen LogP) is 7.05. The van der Waals surface area contributed by atoms with E-state index >= 15 is 0 Å². The van der Waals surface area contributed by atoms with Gasteiger partial charge in [-0.25, -0.2) is 14.8 Å². The number of nitrogens with zero attached hydrogens (tertiary/aromatic N) is 7. The van der Waals surface area contributed by atoms with Gasteiger partial charge in [0.1, 0.15) is 34.6 Å². The van der Waals surface area contributed by atoms with Crippen molar-refractivity contribution in [1.82, 2.24) is 40.0 Å². The zero-order valence-electron chi connectivity index (χ0n) is 60.2. The highest BCUT2D eigenvalue weighted by Crippen LogP contribution is 2.45. The smallest absolute Gasteiger partial charge is 0.482 e. The van der Waals surface area contributed by atoms with Crippen molar-refractivity contribution in [2.24, 2.45) is 0 Å². The van der Waals surface area contributed by atoms with E-state index in [0.717, 1.165) is 115 Å². The molecule has 27 heteroatoms. The van der Waals surface area contributed by atoms with Crippen molar-refractivity contribution in [1.29, 1.82) is 0 Å². The van der Waals surface area contributed by atoms with E-state index in [4.69, 9.17) is 53.7 Å². The average Bonchev–Trinajstić information content (AvgIpc) is 0.773. The summed E-state index contributed by atoms with van der Waals surface area (Å²) >= 11 is 1.33. The van der Waals surface area contributed by atoms with Gasteiger partial charge in [-0.05, 0) is 194 Å². The van der Waals surface area contributed by atoms with Gasteiger partial charge in [-0.1, -0.05) is 65.7 Å². The molecule has 3 amide bonds. The first-order valence-corrected chi connectivity index (χ1v) is 35.8. The maximum atomic E-state index is 12.8. The number of hydrogen-bond donors (Lipinski definition) is 7. The fourth-order valence-electron chi connectivity index (χ4n) is 11.9. The van der Waals surface area contributed by atoms with Gasteiger partial charge in [0.25, 0.3) is 11.8 Å². The second-order valence-corrected chi connectivity index (χ2v) is 27.1. The Morgan fingerprint density at radius 3 is 1.49 bits per heavy atom. The molecule has 103 heavy (non-hydrogen) atoms. The molecule has 0 atom stereocenters. The quantitative estimate of drug-likeness (QED) is 0.0603. The third-order valence-corrected chi connectivity index (χ3v) is 18.4. The molecule has 0 bridgehead atoms. The summed E-state index contributed by atoms with van der Waals surface area (Å²) in [6.07, 6.45) is 19.1. The number of hydrogen-bond acceptors (Lipinski definition) is 20. The molecule has 4 aromatic carbocycles. The molecule has 8 aromatic rings. The molecule has 9 heterocycles. The number of pyridine rings is 2. The van der Waals surface area contributed by atoms with Crippen molar-refractivity contribution in [2.45, 2.75) is 111 Å². The van der Waals surface area contributed by atoms with Crippen LogP contribution in [0.5, 0.6) is 11.5 Å². The number of likely N-dealkylation sites (tertiary alicyclic amines) is 1. The number of benzene rings is 4. The van der Waals surface area contributed by atoms with Crippen LogP contribution in [0.25, 0.3) is 11.1 Å². The predicted molar refractivity (Wildman–Crippen MR) is 406 cm³/mol. The van der Waals surface area contributed by atoms with Crippen molar-refractivity contribution >= 4 is 90.0 Å². The largest absolute Gasteiger partial charge is 0.499 e. The molecular weight excluding hydrogens is 1320 g/mol. The summed E-state index contributed by atoms with van der Waals surface area (Å²) in [6, 6.07) is 39.0. The first-order chi connectivity index (χ1) is 49.5. The van der Waals surface area contributed by atoms with Gasteiger partial charge in [-0.3, -0.25) is 19.6 Å². The number of ether oxygens (including phenoxy) is 3. The van der Waals surface area contributed by atoms with E-state index in [-0.39, 0.29) is 30.6 Å². The van der Waals surface area contributed by atoms with E-state index < -0.39 is 32.6 Å². The molecule has 0 aliphatic carbocycles. The molecule has 22 nitrogen and oxygen atoms in total. The maximum absolute atomic E-state index is 12.8. The lowest BCUT2D eigenvalue weighted by atomic mass is 9.79. The van der Waals surface area contributed by atoms with E-state index in [0.29, 0.717) is 60.3 Å². The van der Waals surface area contributed by atoms with Crippen molar-refractivity contribution in [3.05, 3.63) is 227 Å². The van der Waals surface area contributed by atoms with Gasteiger partial charge in [-0.2, -0.15) is 11.3 Å². The second kappa shape index (κ2) is 38.6. The summed E-state index contributed by atoms with van der Waals surface area (Å²) in [5.41, 5.74) is 11.0. The maximum Gasteiger partial charge on any atom is 0.499 e. The van der Waals surface area contributed by atoms with Gasteiger partial charge >= 0.3 is 34.6 Å². The van der Waals surface area contributed by atoms with E-state index in [1.807, 2.05) is 113 Å². The van der Waals surface area contributed by atoms with E-state index in [9.17, 15) is 14.4 Å². The monoisotopic (exact) mass is 1420 g/mol. The van der Waals surface area contributed by atoms with Crippen LogP contribution in [-0.4, -0.2) is 194 Å². The lowest BCUT2D eigenvalue weighted by molar-refractivity contribution is -0.00121. The average molecular weight is 1420 g/mol. The number of amides is 3. The number of rotatable bonds is 12. The standard InChI is InChI=1S/C30H38N2O4.C25H30N2O2.C8H10BNO2.C5H6BNO2.C4H5BN2O2.C4H5BO2S/c1-7-31(8-2)27(33)23-12-10-22(11-13-23)25-20-30(35-26-14-9-21(3)19-24(25)26)15-17-32(18-16-30)28(34)36-29(4,5)6;1-4-27(5-2)24(28)20-9-7-19(8-10-20)22-17-25(12-14-26-15-13-25)29-23-11-6-18(3)16-21(22)23;1-3-8(7-10-4-1)9-11-5-2-6-12-9;8-6(9)5-1-3-7-4-2-5;8-5(9)4-1-6-3-7-2-4;6-5(7)4-2-1-3-8-4/h9-14,19-20H,7-8,15-18H2,1-6H3;6-11,16-17,26H,4-5,12-15H2,1-3H3;1,3-4,7H,2,5-6H2;1-4,8-9H;1-3,8-9H;1-3,6-7H. The van der Waals surface area contributed by atoms with Gasteiger partial charge in [0, 0.05) is 153 Å². The highest BCUT2D eigenvalue weighted by molar-refractivity contribution is 7.20. The Morgan fingerprint density at radius 2 is 1.09 bits per heavy atom. The fourth-order valence-corrected chi connectivity index (χ4v) is 12.5. The highest BCUT2D eigenvalue weighted by Gasteiger charge is 2.42. The van der Waals surface area contributed by atoms with E-state index in [1.54, 1.807) is 46.9 Å². The van der Waals surface area contributed by atoms with Crippen LogP contribution >= 0.6 is 11.3 Å². The number of piperidine rings is 2. The van der Waals surface area contributed by atoms with Crippen molar-refractivity contribution in [3.8, 4) is 11.5 Å². The third-order valence-electron chi connectivity index (χ3n) is 17.5. The molecule has 0 radical (unpaired) electrons. The molecule has 5 aliphatic heterocycles. The van der Waals surface area contributed by atoms with E-state index in [1.165, 1.54) is 53.6 Å². The Balaban J connectivity index is 0.000000175. The molecule has 3 fully saturated rings. The first-order valence-electron chi connectivity index (χ1n) is 34.9. The van der Waals surface area contributed by atoms with Crippen LogP contribution in [0.15, 0.2) is 182 Å². The minimum absolute atomic E-state index is 0.0507. The lowest BCUT2D eigenvalue weighted by Gasteiger charge is -2.43. The highest BCUT2D eigenvalue weighted by atomic mass is 32.1. The number of nitrogens with one attached hydrogen (secondary N) is 1.